The summed E-state index contributed by atoms with van der Waals surface area (Å²) < 4.78 is 19.6. The molecule has 2 heterocycles. The highest BCUT2D eigenvalue weighted by Gasteiger charge is 2.39. The van der Waals surface area contributed by atoms with Gasteiger partial charge in [0.2, 0.25) is 0 Å². The van der Waals surface area contributed by atoms with Crippen LogP contribution < -0.4 is 0 Å². The van der Waals surface area contributed by atoms with Gasteiger partial charge in [-0.05, 0) is 25.0 Å². The Balaban J connectivity index is 1.52. The molecule has 2 aliphatic rings. The molecule has 1 saturated carbocycles. The van der Waals surface area contributed by atoms with Crippen LogP contribution >= 0.6 is 0 Å². The highest BCUT2D eigenvalue weighted by Crippen LogP contribution is 2.36. The molecule has 0 radical (unpaired) electrons. The molecule has 1 N–H and O–H groups in total. The number of aromatic amines is 1. The molecule has 23 heavy (non-hydrogen) atoms. The third kappa shape index (κ3) is 3.03. The van der Waals surface area contributed by atoms with Crippen LogP contribution in [-0.4, -0.2) is 40.4 Å². The van der Waals surface area contributed by atoms with Gasteiger partial charge in [-0.15, -0.1) is 0 Å². The zero-order chi connectivity index (χ0) is 15.7. The van der Waals surface area contributed by atoms with E-state index in [0.29, 0.717) is 0 Å². The van der Waals surface area contributed by atoms with Gasteiger partial charge < -0.3 is 4.74 Å². The lowest BCUT2D eigenvalue weighted by Gasteiger charge is -2.40. The Morgan fingerprint density at radius 2 is 2.17 bits per heavy atom. The molecule has 0 atom stereocenters. The van der Waals surface area contributed by atoms with E-state index in [0.717, 1.165) is 43.1 Å². The van der Waals surface area contributed by atoms with Crippen molar-refractivity contribution in [2.45, 2.75) is 37.8 Å². The van der Waals surface area contributed by atoms with E-state index in [4.69, 9.17) is 4.74 Å². The molecule has 1 aliphatic carbocycles. The van der Waals surface area contributed by atoms with Gasteiger partial charge in [0, 0.05) is 30.8 Å². The normalized spacial score (nSPS) is 21.1. The molecule has 1 saturated heterocycles. The smallest absolute Gasteiger partial charge is 0.123 e. The summed E-state index contributed by atoms with van der Waals surface area (Å²) in [5.74, 6) is -0.223. The lowest BCUT2D eigenvalue weighted by Crippen LogP contribution is -2.49. The Labute approximate surface area is 135 Å². The lowest BCUT2D eigenvalue weighted by atomic mass is 9.99. The monoisotopic (exact) mass is 315 g/mol. The first kappa shape index (κ1) is 14.8. The number of ether oxygens (including phenoxy) is 1. The molecule has 0 unspecified atom stereocenters. The number of nitrogens with zero attached hydrogens (tertiary/aromatic N) is 2. The van der Waals surface area contributed by atoms with Gasteiger partial charge >= 0.3 is 0 Å². The number of halogens is 1. The van der Waals surface area contributed by atoms with Gasteiger partial charge in [0.1, 0.15) is 5.82 Å². The van der Waals surface area contributed by atoms with Crippen molar-refractivity contribution in [2.24, 2.45) is 0 Å². The summed E-state index contributed by atoms with van der Waals surface area (Å²) in [6.45, 7) is 3.55. The van der Waals surface area contributed by atoms with Crippen LogP contribution in [0.1, 0.15) is 31.2 Å². The molecule has 1 aromatic carbocycles. The second-order valence-corrected chi connectivity index (χ2v) is 6.73. The number of aromatic nitrogens is 2. The van der Waals surface area contributed by atoms with Crippen LogP contribution in [0.3, 0.4) is 0 Å². The number of rotatable bonds is 3. The number of hydrogen-bond acceptors (Lipinski definition) is 3. The van der Waals surface area contributed by atoms with E-state index in [1.54, 1.807) is 12.1 Å². The van der Waals surface area contributed by atoms with Crippen LogP contribution in [0.2, 0.25) is 0 Å². The highest BCUT2D eigenvalue weighted by molar-refractivity contribution is 5.62. The fourth-order valence-electron chi connectivity index (χ4n) is 3.95. The van der Waals surface area contributed by atoms with Crippen molar-refractivity contribution in [2.75, 3.05) is 19.7 Å². The third-order valence-electron chi connectivity index (χ3n) is 5.07. The molecule has 2 aromatic rings. The van der Waals surface area contributed by atoms with E-state index >= 15 is 0 Å². The van der Waals surface area contributed by atoms with Crippen LogP contribution in [0.25, 0.3) is 11.3 Å². The summed E-state index contributed by atoms with van der Waals surface area (Å²) in [5, 5.41) is 7.20. The fourth-order valence-corrected chi connectivity index (χ4v) is 3.95. The first-order valence-corrected chi connectivity index (χ1v) is 8.39. The predicted molar refractivity (Wildman–Crippen MR) is 86.4 cm³/mol. The maximum absolute atomic E-state index is 13.5. The highest BCUT2D eigenvalue weighted by atomic mass is 19.1. The Bertz CT molecular complexity index is 678. The van der Waals surface area contributed by atoms with E-state index in [-0.39, 0.29) is 11.4 Å². The largest absolute Gasteiger partial charge is 0.372 e. The van der Waals surface area contributed by atoms with Gasteiger partial charge in [0.15, 0.2) is 0 Å². The van der Waals surface area contributed by atoms with Crippen molar-refractivity contribution >= 4 is 0 Å². The summed E-state index contributed by atoms with van der Waals surface area (Å²) in [4.78, 5) is 2.45. The molecule has 5 heteroatoms. The topological polar surface area (TPSA) is 41.2 Å². The van der Waals surface area contributed by atoms with E-state index < -0.39 is 0 Å². The second-order valence-electron chi connectivity index (χ2n) is 6.73. The Morgan fingerprint density at radius 1 is 1.30 bits per heavy atom. The van der Waals surface area contributed by atoms with Gasteiger partial charge in [0.25, 0.3) is 0 Å². The molecule has 1 aromatic heterocycles. The first-order valence-electron chi connectivity index (χ1n) is 8.39. The fraction of sp³-hybridized carbons (Fsp3) is 0.500. The third-order valence-corrected chi connectivity index (χ3v) is 5.07. The van der Waals surface area contributed by atoms with Crippen LogP contribution in [0.15, 0.2) is 30.5 Å². The van der Waals surface area contributed by atoms with Gasteiger partial charge in [-0.2, -0.15) is 5.10 Å². The number of morpholine rings is 1. The first-order chi connectivity index (χ1) is 11.2. The van der Waals surface area contributed by atoms with Crippen LogP contribution in [0.5, 0.6) is 0 Å². The molecule has 1 spiro atoms. The maximum atomic E-state index is 13.5. The average Bonchev–Trinajstić information content (AvgIpc) is 3.17. The molecule has 0 amide bonds. The lowest BCUT2D eigenvalue weighted by molar-refractivity contribution is -0.106. The van der Waals surface area contributed by atoms with Crippen molar-refractivity contribution in [3.8, 4) is 11.3 Å². The standard InChI is InChI=1S/C18H22FN3O/c19-16-5-3-4-14(10-16)17-15(11-20-21-17)12-22-8-9-23-18(13-22)6-1-2-7-18/h3-5,10-11H,1-2,6-9,12-13H2,(H,20,21). The predicted octanol–water partition coefficient (Wildman–Crippen LogP) is 3.36. The van der Waals surface area contributed by atoms with Crippen molar-refractivity contribution in [3.63, 3.8) is 0 Å². The molecule has 0 bridgehead atoms. The molecule has 1 aliphatic heterocycles. The van der Waals surface area contributed by atoms with Gasteiger partial charge in [0.05, 0.1) is 24.1 Å². The molecule has 4 rings (SSSR count). The zero-order valence-electron chi connectivity index (χ0n) is 13.2. The summed E-state index contributed by atoms with van der Waals surface area (Å²) in [5.41, 5.74) is 2.95. The van der Waals surface area contributed by atoms with Crippen LogP contribution in [0.4, 0.5) is 4.39 Å². The van der Waals surface area contributed by atoms with E-state index in [1.165, 1.54) is 31.7 Å². The summed E-state index contributed by atoms with van der Waals surface area (Å²) in [7, 11) is 0. The minimum Gasteiger partial charge on any atom is -0.372 e. The Morgan fingerprint density at radius 3 is 3.00 bits per heavy atom. The van der Waals surface area contributed by atoms with Crippen molar-refractivity contribution in [1.29, 1.82) is 0 Å². The maximum Gasteiger partial charge on any atom is 0.123 e. The van der Waals surface area contributed by atoms with E-state index in [9.17, 15) is 4.39 Å². The molecular weight excluding hydrogens is 293 g/mol. The van der Waals surface area contributed by atoms with E-state index in [2.05, 4.69) is 15.1 Å². The van der Waals surface area contributed by atoms with Gasteiger partial charge in [-0.1, -0.05) is 25.0 Å². The number of hydrogen-bond donors (Lipinski definition) is 1. The Hall–Kier alpha value is -1.72. The van der Waals surface area contributed by atoms with E-state index in [1.807, 2.05) is 12.3 Å². The SMILES string of the molecule is Fc1cccc(-c2[nH]ncc2CN2CCOC3(CCCC3)C2)c1. The van der Waals surface area contributed by atoms with Crippen molar-refractivity contribution < 1.29 is 9.13 Å². The van der Waals surface area contributed by atoms with Crippen molar-refractivity contribution in [3.05, 3.63) is 41.8 Å². The number of H-pyrrole nitrogens is 1. The number of nitrogens with one attached hydrogen (secondary N) is 1. The van der Waals surface area contributed by atoms with Gasteiger partial charge in [-0.3, -0.25) is 10.00 Å². The van der Waals surface area contributed by atoms with Crippen molar-refractivity contribution in [1.82, 2.24) is 15.1 Å². The molecule has 122 valence electrons. The molecular formula is C18H22FN3O. The van der Waals surface area contributed by atoms with Crippen LogP contribution in [0, 0.1) is 5.82 Å². The zero-order valence-corrected chi connectivity index (χ0v) is 13.2. The Kier molecular flexibility index (Phi) is 3.91. The summed E-state index contributed by atoms with van der Waals surface area (Å²) >= 11 is 0. The minimum absolute atomic E-state index is 0.0704. The average molecular weight is 315 g/mol. The quantitative estimate of drug-likeness (QED) is 0.944. The van der Waals surface area contributed by atoms with Crippen LogP contribution in [-0.2, 0) is 11.3 Å². The molecule has 4 nitrogen and oxygen atoms in total. The summed E-state index contributed by atoms with van der Waals surface area (Å²) in [6.07, 6.45) is 6.75. The summed E-state index contributed by atoms with van der Waals surface area (Å²) in [6, 6.07) is 6.66. The second kappa shape index (κ2) is 6.06. The molecule has 2 fully saturated rings. The minimum atomic E-state index is -0.223. The van der Waals surface area contributed by atoms with Gasteiger partial charge in [-0.25, -0.2) is 4.39 Å². The number of benzene rings is 1.